The van der Waals surface area contributed by atoms with E-state index < -0.39 is 0 Å². The number of rotatable bonds is 5. The quantitative estimate of drug-likeness (QED) is 0.903. The first-order chi connectivity index (χ1) is 9.80. The predicted octanol–water partition coefficient (Wildman–Crippen LogP) is 3.46. The van der Waals surface area contributed by atoms with E-state index in [1.807, 2.05) is 44.3 Å². The van der Waals surface area contributed by atoms with Crippen LogP contribution in [0, 0.1) is 0 Å². The molecule has 3 rings (SSSR count). The summed E-state index contributed by atoms with van der Waals surface area (Å²) in [5.41, 5.74) is 2.06. The van der Waals surface area contributed by atoms with E-state index in [9.17, 15) is 0 Å². The summed E-state index contributed by atoms with van der Waals surface area (Å²) in [5, 5.41) is 3.12. The zero-order valence-corrected chi connectivity index (χ0v) is 11.9. The van der Waals surface area contributed by atoms with Crippen LogP contribution in [0.2, 0.25) is 0 Å². The van der Waals surface area contributed by atoms with Crippen molar-refractivity contribution in [2.75, 3.05) is 19.0 Å². The summed E-state index contributed by atoms with van der Waals surface area (Å²) in [7, 11) is 1.89. The Bertz CT molecular complexity index is 591. The normalized spacial score (nSPS) is 14.1. The van der Waals surface area contributed by atoms with Gasteiger partial charge in [0.15, 0.2) is 0 Å². The molecule has 0 saturated heterocycles. The van der Waals surface area contributed by atoms with Crippen LogP contribution in [0.3, 0.4) is 0 Å². The Hall–Kier alpha value is -2.10. The zero-order chi connectivity index (χ0) is 13.9. The lowest BCUT2D eigenvalue weighted by atomic mass is 10.1. The monoisotopic (exact) mass is 269 g/mol. The number of ether oxygens (including phenoxy) is 1. The van der Waals surface area contributed by atoms with E-state index in [0.29, 0.717) is 12.5 Å². The third-order valence-electron chi connectivity index (χ3n) is 3.40. The maximum Gasteiger partial charge on any atom is 0.134 e. The van der Waals surface area contributed by atoms with Crippen molar-refractivity contribution >= 4 is 5.82 Å². The van der Waals surface area contributed by atoms with Gasteiger partial charge in [-0.15, -0.1) is 0 Å². The van der Waals surface area contributed by atoms with E-state index in [1.54, 1.807) is 0 Å². The van der Waals surface area contributed by atoms with Crippen molar-refractivity contribution in [2.45, 2.75) is 25.7 Å². The second-order valence-corrected chi connectivity index (χ2v) is 4.98. The van der Waals surface area contributed by atoms with Crippen LogP contribution in [0.4, 0.5) is 5.82 Å². The fraction of sp³-hybridized carbons (Fsp3) is 0.375. The third-order valence-corrected chi connectivity index (χ3v) is 3.40. The van der Waals surface area contributed by atoms with Gasteiger partial charge in [0.25, 0.3) is 0 Å². The van der Waals surface area contributed by atoms with Gasteiger partial charge in [-0.05, 0) is 44.0 Å². The Balaban J connectivity index is 1.93. The van der Waals surface area contributed by atoms with Crippen LogP contribution in [0.5, 0.6) is 5.75 Å². The molecule has 1 N–H and O–H groups in total. The van der Waals surface area contributed by atoms with Gasteiger partial charge in [0, 0.05) is 24.6 Å². The lowest BCUT2D eigenvalue weighted by Gasteiger charge is -2.08. The SMILES string of the molecule is CCOc1ccc(-c2cc(NC)nc(C3CC3)n2)cc1. The van der Waals surface area contributed by atoms with Crippen molar-refractivity contribution in [3.63, 3.8) is 0 Å². The molecular formula is C16H19N3O. The molecule has 1 aromatic heterocycles. The summed E-state index contributed by atoms with van der Waals surface area (Å²) in [4.78, 5) is 9.24. The highest BCUT2D eigenvalue weighted by atomic mass is 16.5. The van der Waals surface area contributed by atoms with E-state index in [0.717, 1.165) is 28.6 Å². The Morgan fingerprint density at radius 2 is 1.95 bits per heavy atom. The van der Waals surface area contributed by atoms with E-state index in [-0.39, 0.29) is 0 Å². The summed E-state index contributed by atoms with van der Waals surface area (Å²) in [6, 6.07) is 10.0. The van der Waals surface area contributed by atoms with E-state index in [1.165, 1.54) is 12.8 Å². The summed E-state index contributed by atoms with van der Waals surface area (Å²) >= 11 is 0. The predicted molar refractivity (Wildman–Crippen MR) is 80.2 cm³/mol. The van der Waals surface area contributed by atoms with E-state index in [2.05, 4.69) is 10.3 Å². The van der Waals surface area contributed by atoms with Gasteiger partial charge < -0.3 is 10.1 Å². The molecule has 0 atom stereocenters. The van der Waals surface area contributed by atoms with Gasteiger partial charge in [0.2, 0.25) is 0 Å². The molecule has 1 aromatic carbocycles. The zero-order valence-electron chi connectivity index (χ0n) is 11.9. The Morgan fingerprint density at radius 3 is 2.55 bits per heavy atom. The first kappa shape index (κ1) is 12.9. The van der Waals surface area contributed by atoms with Crippen molar-refractivity contribution in [1.29, 1.82) is 0 Å². The molecule has 0 amide bonds. The highest BCUT2D eigenvalue weighted by Gasteiger charge is 2.27. The Kier molecular flexibility index (Phi) is 3.54. The van der Waals surface area contributed by atoms with Crippen LogP contribution < -0.4 is 10.1 Å². The standard InChI is InChI=1S/C16H19N3O/c1-3-20-13-8-6-11(7-9-13)14-10-15(17-2)19-16(18-14)12-4-5-12/h6-10,12H,3-5H2,1-2H3,(H,17,18,19). The van der Waals surface area contributed by atoms with Crippen LogP contribution in [0.25, 0.3) is 11.3 Å². The summed E-state index contributed by atoms with van der Waals surface area (Å²) in [6.45, 7) is 2.67. The molecule has 1 heterocycles. The third kappa shape index (κ3) is 2.74. The summed E-state index contributed by atoms with van der Waals surface area (Å²) in [6.07, 6.45) is 2.41. The molecule has 4 nitrogen and oxygen atoms in total. The topological polar surface area (TPSA) is 47.0 Å². The lowest BCUT2D eigenvalue weighted by Crippen LogP contribution is -2.00. The molecule has 0 unspecified atom stereocenters. The van der Waals surface area contributed by atoms with Gasteiger partial charge in [-0.25, -0.2) is 9.97 Å². The Labute approximate surface area is 119 Å². The van der Waals surface area contributed by atoms with Crippen molar-refractivity contribution < 1.29 is 4.74 Å². The van der Waals surface area contributed by atoms with Crippen LogP contribution in [-0.4, -0.2) is 23.6 Å². The molecule has 104 valence electrons. The highest BCUT2D eigenvalue weighted by molar-refractivity contribution is 5.63. The second kappa shape index (κ2) is 5.49. The number of aromatic nitrogens is 2. The maximum atomic E-state index is 5.47. The van der Waals surface area contributed by atoms with Gasteiger partial charge in [-0.2, -0.15) is 0 Å². The second-order valence-electron chi connectivity index (χ2n) is 4.98. The van der Waals surface area contributed by atoms with Crippen molar-refractivity contribution in [1.82, 2.24) is 9.97 Å². The molecule has 0 spiro atoms. The minimum absolute atomic E-state index is 0.546. The number of anilines is 1. The first-order valence-electron chi connectivity index (χ1n) is 7.10. The molecule has 1 aliphatic rings. The van der Waals surface area contributed by atoms with Crippen LogP contribution in [-0.2, 0) is 0 Å². The molecule has 0 bridgehead atoms. The number of nitrogens with zero attached hydrogens (tertiary/aromatic N) is 2. The fourth-order valence-corrected chi connectivity index (χ4v) is 2.15. The van der Waals surface area contributed by atoms with Gasteiger partial charge in [0.1, 0.15) is 17.4 Å². The molecule has 1 aliphatic carbocycles. The first-order valence-corrected chi connectivity index (χ1v) is 7.10. The molecule has 20 heavy (non-hydrogen) atoms. The molecule has 1 fully saturated rings. The molecule has 2 aromatic rings. The average Bonchev–Trinajstić information content (AvgIpc) is 3.32. The van der Waals surface area contributed by atoms with Crippen molar-refractivity contribution in [3.05, 3.63) is 36.2 Å². The number of nitrogens with one attached hydrogen (secondary N) is 1. The number of benzene rings is 1. The van der Waals surface area contributed by atoms with Crippen molar-refractivity contribution in [2.24, 2.45) is 0 Å². The fourth-order valence-electron chi connectivity index (χ4n) is 2.15. The maximum absolute atomic E-state index is 5.47. The smallest absolute Gasteiger partial charge is 0.134 e. The van der Waals surface area contributed by atoms with Crippen LogP contribution >= 0.6 is 0 Å². The molecule has 4 heteroatoms. The van der Waals surface area contributed by atoms with Gasteiger partial charge in [-0.1, -0.05) is 0 Å². The number of hydrogen-bond acceptors (Lipinski definition) is 4. The van der Waals surface area contributed by atoms with Gasteiger partial charge in [0.05, 0.1) is 12.3 Å². The van der Waals surface area contributed by atoms with Crippen LogP contribution in [0.1, 0.15) is 31.5 Å². The van der Waals surface area contributed by atoms with E-state index in [4.69, 9.17) is 9.72 Å². The Morgan fingerprint density at radius 1 is 1.20 bits per heavy atom. The molecular weight excluding hydrogens is 250 g/mol. The molecule has 0 radical (unpaired) electrons. The van der Waals surface area contributed by atoms with Gasteiger partial charge >= 0.3 is 0 Å². The minimum atomic E-state index is 0.546. The van der Waals surface area contributed by atoms with Crippen molar-refractivity contribution in [3.8, 4) is 17.0 Å². The highest BCUT2D eigenvalue weighted by Crippen LogP contribution is 2.39. The molecule has 1 saturated carbocycles. The van der Waals surface area contributed by atoms with Gasteiger partial charge in [-0.3, -0.25) is 0 Å². The average molecular weight is 269 g/mol. The number of hydrogen-bond donors (Lipinski definition) is 1. The lowest BCUT2D eigenvalue weighted by molar-refractivity contribution is 0.340. The summed E-state index contributed by atoms with van der Waals surface area (Å²) in [5.74, 6) is 3.28. The summed E-state index contributed by atoms with van der Waals surface area (Å²) < 4.78 is 5.47. The minimum Gasteiger partial charge on any atom is -0.494 e. The largest absolute Gasteiger partial charge is 0.494 e. The van der Waals surface area contributed by atoms with E-state index >= 15 is 0 Å². The van der Waals surface area contributed by atoms with Crippen LogP contribution in [0.15, 0.2) is 30.3 Å². The molecule has 0 aliphatic heterocycles.